The zero-order valence-corrected chi connectivity index (χ0v) is 21.5. The van der Waals surface area contributed by atoms with E-state index in [9.17, 15) is 26.3 Å². The molecule has 0 aromatic carbocycles. The molecule has 2 saturated heterocycles. The lowest BCUT2D eigenvalue weighted by Gasteiger charge is -2.50. The Kier molecular flexibility index (Phi) is 11.5. The van der Waals surface area contributed by atoms with Crippen molar-refractivity contribution in [2.24, 2.45) is 5.41 Å². The number of aromatic nitrogens is 2. The van der Waals surface area contributed by atoms with Crippen molar-refractivity contribution in [3.8, 4) is 5.88 Å². The van der Waals surface area contributed by atoms with E-state index in [0.29, 0.717) is 18.6 Å². The number of hydrogen-bond donors (Lipinski definition) is 2. The van der Waals surface area contributed by atoms with Crippen LogP contribution in [0.4, 0.5) is 26.3 Å². The summed E-state index contributed by atoms with van der Waals surface area (Å²) in [5, 5.41) is 17.6. The molecule has 218 valence electrons. The van der Waals surface area contributed by atoms with E-state index in [1.165, 1.54) is 5.01 Å². The second-order valence-corrected chi connectivity index (χ2v) is 9.71. The number of carboxylic acids is 2. The number of nitrogens with zero attached hydrogens (tertiary/aromatic N) is 3. The average molecular weight is 588 g/mol. The topological polar surface area (TPSA) is 122 Å². The van der Waals surface area contributed by atoms with Crippen molar-refractivity contribution in [3.63, 3.8) is 0 Å². The lowest BCUT2D eigenvalue weighted by molar-refractivity contribution is -0.193. The lowest BCUT2D eigenvalue weighted by Crippen LogP contribution is -2.57. The van der Waals surface area contributed by atoms with Gasteiger partial charge in [0.15, 0.2) is 0 Å². The summed E-state index contributed by atoms with van der Waals surface area (Å²) >= 11 is 1.76. The average Bonchev–Trinajstić information content (AvgIpc) is 3.27. The third-order valence-electron chi connectivity index (χ3n) is 5.72. The zero-order valence-electron chi connectivity index (χ0n) is 20.7. The number of thiazole rings is 1. The van der Waals surface area contributed by atoms with Crippen molar-refractivity contribution in [1.29, 1.82) is 0 Å². The van der Waals surface area contributed by atoms with Crippen molar-refractivity contribution in [1.82, 2.24) is 14.9 Å². The highest BCUT2D eigenvalue weighted by Crippen LogP contribution is 2.41. The third kappa shape index (κ3) is 10.6. The number of pyridine rings is 1. The Morgan fingerprint density at radius 1 is 1.18 bits per heavy atom. The molecule has 0 saturated carbocycles. The number of carboxylic acid groups (broad SMARTS) is 2. The molecule has 4 rings (SSSR count). The summed E-state index contributed by atoms with van der Waals surface area (Å²) < 4.78 is 75.7. The fraction of sp³-hybridized carbons (Fsp3) is 0.565. The Bertz CT molecular complexity index is 1040. The highest BCUT2D eigenvalue weighted by Gasteiger charge is 2.47. The van der Waals surface area contributed by atoms with Gasteiger partial charge in [-0.25, -0.2) is 19.6 Å². The SMILES string of the molecule is Cc1csc(CN2CCC3OCCCC3(COc3ccccn3)C2)n1.O=C(O)C(F)(F)F.O=C(O)C(F)(F)F. The maximum Gasteiger partial charge on any atom is 0.490 e. The Hall–Kier alpha value is -2.98. The van der Waals surface area contributed by atoms with E-state index in [0.717, 1.165) is 51.2 Å². The van der Waals surface area contributed by atoms with Crippen LogP contribution in [0.3, 0.4) is 0 Å². The first-order valence-corrected chi connectivity index (χ1v) is 12.4. The lowest BCUT2D eigenvalue weighted by atomic mass is 9.73. The van der Waals surface area contributed by atoms with Crippen LogP contribution < -0.4 is 4.74 Å². The molecule has 0 amide bonds. The molecule has 2 atom stereocenters. The van der Waals surface area contributed by atoms with Crippen molar-refractivity contribution in [2.75, 3.05) is 26.3 Å². The molecule has 39 heavy (non-hydrogen) atoms. The van der Waals surface area contributed by atoms with E-state index in [4.69, 9.17) is 29.3 Å². The van der Waals surface area contributed by atoms with Gasteiger partial charge in [-0.05, 0) is 32.3 Å². The first-order chi connectivity index (χ1) is 18.1. The number of ether oxygens (including phenoxy) is 2. The minimum Gasteiger partial charge on any atom is -0.477 e. The summed E-state index contributed by atoms with van der Waals surface area (Å²) in [6.45, 7) is 6.60. The van der Waals surface area contributed by atoms with Gasteiger partial charge in [0.05, 0.1) is 19.3 Å². The molecule has 2 aliphatic heterocycles. The molecule has 0 spiro atoms. The molecule has 2 aromatic heterocycles. The maximum absolute atomic E-state index is 10.6. The van der Waals surface area contributed by atoms with Crippen LogP contribution in [-0.4, -0.2) is 81.8 Å². The molecule has 2 fully saturated rings. The van der Waals surface area contributed by atoms with Crippen LogP contribution in [-0.2, 0) is 20.9 Å². The van der Waals surface area contributed by atoms with Crippen LogP contribution in [0, 0.1) is 12.3 Å². The van der Waals surface area contributed by atoms with Crippen LogP contribution in [0.15, 0.2) is 29.8 Å². The minimum absolute atomic E-state index is 0.0559. The van der Waals surface area contributed by atoms with Crippen LogP contribution in [0.25, 0.3) is 0 Å². The van der Waals surface area contributed by atoms with Crippen molar-refractivity contribution < 1.29 is 55.6 Å². The summed E-state index contributed by atoms with van der Waals surface area (Å²) in [5.74, 6) is -4.81. The highest BCUT2D eigenvalue weighted by molar-refractivity contribution is 7.09. The maximum atomic E-state index is 10.6. The van der Waals surface area contributed by atoms with Crippen molar-refractivity contribution in [3.05, 3.63) is 40.5 Å². The molecule has 16 heteroatoms. The van der Waals surface area contributed by atoms with E-state index in [1.807, 2.05) is 18.2 Å². The molecular formula is C23H27F6N3O6S. The molecule has 0 bridgehead atoms. The standard InChI is InChI=1S/C19H25N3O2S.2C2HF3O2/c1-15-12-25-18(21-15)11-22-9-6-16-19(13-22,7-4-10-23-16)14-24-17-5-2-3-8-20-17;2*3-2(4,5)1(6)7/h2-3,5,8,12,16H,4,6-7,9-11,13-14H2,1H3;2*(H,6,7). The van der Waals surface area contributed by atoms with Gasteiger partial charge in [0, 0.05) is 48.4 Å². The fourth-order valence-electron chi connectivity index (χ4n) is 4.04. The molecule has 2 aromatic rings. The van der Waals surface area contributed by atoms with Crippen LogP contribution >= 0.6 is 11.3 Å². The number of piperidine rings is 1. The van der Waals surface area contributed by atoms with Gasteiger partial charge in [-0.3, -0.25) is 4.90 Å². The Morgan fingerprint density at radius 3 is 2.33 bits per heavy atom. The summed E-state index contributed by atoms with van der Waals surface area (Å²) in [7, 11) is 0. The quantitative estimate of drug-likeness (QED) is 0.485. The van der Waals surface area contributed by atoms with E-state index >= 15 is 0 Å². The first-order valence-electron chi connectivity index (χ1n) is 11.5. The summed E-state index contributed by atoms with van der Waals surface area (Å²) in [6, 6.07) is 5.80. The van der Waals surface area contributed by atoms with Crippen LogP contribution in [0.5, 0.6) is 5.88 Å². The minimum atomic E-state index is -5.08. The van der Waals surface area contributed by atoms with Crippen LogP contribution in [0.1, 0.15) is 30.0 Å². The largest absolute Gasteiger partial charge is 0.490 e. The fourth-order valence-corrected chi connectivity index (χ4v) is 4.86. The number of halogens is 6. The number of hydrogen-bond acceptors (Lipinski definition) is 8. The van der Waals surface area contributed by atoms with Gasteiger partial charge in [-0.1, -0.05) is 6.07 Å². The van der Waals surface area contributed by atoms with Gasteiger partial charge in [0.1, 0.15) is 5.01 Å². The van der Waals surface area contributed by atoms with Gasteiger partial charge in [0.25, 0.3) is 0 Å². The van der Waals surface area contributed by atoms with Gasteiger partial charge < -0.3 is 19.7 Å². The Morgan fingerprint density at radius 2 is 1.82 bits per heavy atom. The van der Waals surface area contributed by atoms with Crippen molar-refractivity contribution >= 4 is 23.3 Å². The number of carbonyl (C=O) groups is 2. The number of alkyl halides is 6. The zero-order chi connectivity index (χ0) is 29.3. The molecule has 2 N–H and O–H groups in total. The van der Waals surface area contributed by atoms with Crippen LogP contribution in [0.2, 0.25) is 0 Å². The molecule has 4 heterocycles. The third-order valence-corrected chi connectivity index (χ3v) is 6.67. The second-order valence-electron chi connectivity index (χ2n) is 8.77. The number of aliphatic carboxylic acids is 2. The number of fused-ring (bicyclic) bond motifs is 1. The van der Waals surface area contributed by atoms with E-state index in [-0.39, 0.29) is 5.41 Å². The Balaban J connectivity index is 0.000000317. The van der Waals surface area contributed by atoms with Crippen molar-refractivity contribution in [2.45, 2.75) is 51.2 Å². The summed E-state index contributed by atoms with van der Waals surface area (Å²) in [5.41, 5.74) is 1.17. The smallest absolute Gasteiger partial charge is 0.477 e. The summed E-state index contributed by atoms with van der Waals surface area (Å²) in [6.07, 6.45) is -4.78. The highest BCUT2D eigenvalue weighted by atomic mass is 32.1. The van der Waals surface area contributed by atoms with Gasteiger partial charge in [0.2, 0.25) is 5.88 Å². The normalized spacial score (nSPS) is 21.4. The molecule has 0 radical (unpaired) electrons. The number of likely N-dealkylation sites (tertiary alicyclic amines) is 1. The van der Waals surface area contributed by atoms with Gasteiger partial charge >= 0.3 is 24.3 Å². The molecule has 0 aliphatic carbocycles. The summed E-state index contributed by atoms with van der Waals surface area (Å²) in [4.78, 5) is 29.2. The number of rotatable bonds is 5. The Labute approximate surface area is 223 Å². The molecule has 2 unspecified atom stereocenters. The monoisotopic (exact) mass is 587 g/mol. The van der Waals surface area contributed by atoms with Gasteiger partial charge in [-0.2, -0.15) is 26.3 Å². The molecule has 9 nitrogen and oxygen atoms in total. The second kappa shape index (κ2) is 13.9. The molecule has 2 aliphatic rings. The van der Waals surface area contributed by atoms with E-state index in [1.54, 1.807) is 17.5 Å². The predicted molar refractivity (Wildman–Crippen MR) is 125 cm³/mol. The van der Waals surface area contributed by atoms with Gasteiger partial charge in [-0.15, -0.1) is 11.3 Å². The predicted octanol–water partition coefficient (Wildman–Crippen LogP) is 4.56. The number of aryl methyl sites for hydroxylation is 1. The van der Waals surface area contributed by atoms with E-state index in [2.05, 4.69) is 27.2 Å². The first kappa shape index (κ1) is 32.2. The molecular weight excluding hydrogens is 560 g/mol. The van der Waals surface area contributed by atoms with E-state index < -0.39 is 24.3 Å².